The van der Waals surface area contributed by atoms with E-state index in [0.29, 0.717) is 11.3 Å². The van der Waals surface area contributed by atoms with Gasteiger partial charge in [0.05, 0.1) is 11.4 Å². The minimum atomic E-state index is -3.73. The summed E-state index contributed by atoms with van der Waals surface area (Å²) in [6.07, 6.45) is 0. The molecule has 0 atom stereocenters. The van der Waals surface area contributed by atoms with Gasteiger partial charge in [0, 0.05) is 12.7 Å². The van der Waals surface area contributed by atoms with E-state index in [2.05, 4.69) is 0 Å². The van der Waals surface area contributed by atoms with Gasteiger partial charge in [0.15, 0.2) is 0 Å². The van der Waals surface area contributed by atoms with Crippen molar-refractivity contribution in [3.8, 4) is 0 Å². The Bertz CT molecular complexity index is 540. The number of anilines is 1. The first kappa shape index (κ1) is 13.5. The van der Waals surface area contributed by atoms with E-state index in [1.165, 1.54) is 13.1 Å². The maximum Gasteiger partial charge on any atom is 0.243 e. The summed E-state index contributed by atoms with van der Waals surface area (Å²) in [6.45, 7) is 1.29. The second-order valence-electron chi connectivity index (χ2n) is 3.75. The van der Waals surface area contributed by atoms with Gasteiger partial charge in [-0.05, 0) is 24.6 Å². The van der Waals surface area contributed by atoms with E-state index in [-0.39, 0.29) is 11.4 Å². The van der Waals surface area contributed by atoms with Gasteiger partial charge in [-0.2, -0.15) is 4.31 Å². The second kappa shape index (κ2) is 4.72. The Morgan fingerprint density at radius 3 is 2.53 bits per heavy atom. The summed E-state index contributed by atoms with van der Waals surface area (Å²) in [6, 6.07) is 4.59. The largest absolute Gasteiger partial charge is 0.399 e. The average Bonchev–Trinajstić information content (AvgIpc) is 2.20. The Morgan fingerprint density at radius 2 is 2.00 bits per heavy atom. The monoisotopic (exact) mass is 257 g/mol. The Labute approximate surface area is 100 Å². The van der Waals surface area contributed by atoms with E-state index >= 15 is 0 Å². The van der Waals surface area contributed by atoms with E-state index in [9.17, 15) is 13.2 Å². The van der Waals surface area contributed by atoms with Crippen LogP contribution in [0.2, 0.25) is 0 Å². The number of carbonyl (C=O) groups is 1. The summed E-state index contributed by atoms with van der Waals surface area (Å²) in [5.74, 6) is -0.711. The molecule has 0 aliphatic heterocycles. The molecular weight excluding hydrogens is 242 g/mol. The fraction of sp³-hybridized carbons (Fsp3) is 0.300. The highest BCUT2D eigenvalue weighted by atomic mass is 32.2. The molecule has 0 heterocycles. The van der Waals surface area contributed by atoms with Gasteiger partial charge < -0.3 is 11.5 Å². The maximum atomic E-state index is 12.1. The Hall–Kier alpha value is -1.60. The molecule has 0 radical (unpaired) electrons. The summed E-state index contributed by atoms with van der Waals surface area (Å²) in [4.78, 5) is 10.8. The van der Waals surface area contributed by atoms with Crippen molar-refractivity contribution in [2.75, 3.05) is 19.3 Å². The summed E-state index contributed by atoms with van der Waals surface area (Å²) >= 11 is 0. The molecule has 1 aromatic rings. The average molecular weight is 257 g/mol. The van der Waals surface area contributed by atoms with E-state index in [1.807, 2.05) is 0 Å². The van der Waals surface area contributed by atoms with Gasteiger partial charge >= 0.3 is 0 Å². The second-order valence-corrected chi connectivity index (χ2v) is 5.77. The lowest BCUT2D eigenvalue weighted by molar-refractivity contribution is -0.118. The number of benzene rings is 1. The number of sulfonamides is 1. The molecule has 94 valence electrons. The van der Waals surface area contributed by atoms with Gasteiger partial charge in [0.25, 0.3) is 0 Å². The molecule has 4 N–H and O–H groups in total. The minimum Gasteiger partial charge on any atom is -0.399 e. The maximum absolute atomic E-state index is 12.1. The number of hydrogen-bond acceptors (Lipinski definition) is 4. The van der Waals surface area contributed by atoms with Crippen LogP contribution in [0, 0.1) is 6.92 Å². The van der Waals surface area contributed by atoms with Crippen LogP contribution in [0.15, 0.2) is 23.1 Å². The topological polar surface area (TPSA) is 106 Å². The lowest BCUT2D eigenvalue weighted by Gasteiger charge is -2.17. The molecule has 1 aromatic carbocycles. The number of rotatable bonds is 4. The van der Waals surface area contributed by atoms with Gasteiger partial charge in [-0.25, -0.2) is 8.42 Å². The Kier molecular flexibility index (Phi) is 3.74. The minimum absolute atomic E-state index is 0.0845. The van der Waals surface area contributed by atoms with Crippen LogP contribution in [0.1, 0.15) is 5.56 Å². The third-order valence-corrected chi connectivity index (χ3v) is 4.22. The van der Waals surface area contributed by atoms with Crippen molar-refractivity contribution < 1.29 is 13.2 Å². The van der Waals surface area contributed by atoms with Crippen LogP contribution in [0.3, 0.4) is 0 Å². The first-order valence-corrected chi connectivity index (χ1v) is 6.30. The van der Waals surface area contributed by atoms with Crippen molar-refractivity contribution in [3.05, 3.63) is 23.8 Å². The standard InChI is InChI=1S/C10H15N3O3S/c1-7-3-4-8(11)5-9(7)17(15,16)13(2)6-10(12)14/h3-5H,6,11H2,1-2H3,(H2,12,14). The number of likely N-dealkylation sites (N-methyl/N-ethyl adjacent to an activating group) is 1. The molecule has 1 rings (SSSR count). The van der Waals surface area contributed by atoms with Crippen molar-refractivity contribution in [2.24, 2.45) is 5.73 Å². The number of hydrogen-bond donors (Lipinski definition) is 2. The molecule has 6 nitrogen and oxygen atoms in total. The number of carbonyl (C=O) groups excluding carboxylic acids is 1. The third kappa shape index (κ3) is 2.95. The first-order valence-electron chi connectivity index (χ1n) is 4.86. The molecule has 0 bridgehead atoms. The molecule has 0 saturated carbocycles. The molecule has 0 unspecified atom stereocenters. The van der Waals surface area contributed by atoms with Crippen LogP contribution in [-0.2, 0) is 14.8 Å². The van der Waals surface area contributed by atoms with Crippen LogP contribution < -0.4 is 11.5 Å². The fourth-order valence-electron chi connectivity index (χ4n) is 1.37. The van der Waals surface area contributed by atoms with E-state index in [0.717, 1.165) is 4.31 Å². The summed E-state index contributed by atoms with van der Waals surface area (Å²) in [7, 11) is -2.44. The van der Waals surface area contributed by atoms with Crippen LogP contribution in [0.5, 0.6) is 0 Å². The highest BCUT2D eigenvalue weighted by molar-refractivity contribution is 7.89. The normalized spacial score (nSPS) is 11.7. The Morgan fingerprint density at radius 1 is 1.41 bits per heavy atom. The number of nitrogens with zero attached hydrogens (tertiary/aromatic N) is 1. The fourth-order valence-corrected chi connectivity index (χ4v) is 2.76. The number of aryl methyl sites for hydroxylation is 1. The highest BCUT2D eigenvalue weighted by Gasteiger charge is 2.23. The molecule has 7 heteroatoms. The molecule has 0 aliphatic rings. The molecule has 0 fully saturated rings. The zero-order valence-corrected chi connectivity index (χ0v) is 10.5. The van der Waals surface area contributed by atoms with E-state index in [1.54, 1.807) is 19.1 Å². The molecule has 0 aliphatic carbocycles. The van der Waals surface area contributed by atoms with Gasteiger partial charge in [-0.3, -0.25) is 4.79 Å². The summed E-state index contributed by atoms with van der Waals surface area (Å²) in [5, 5.41) is 0. The van der Waals surface area contributed by atoms with Crippen LogP contribution >= 0.6 is 0 Å². The number of nitrogen functional groups attached to an aromatic ring is 1. The molecule has 1 amide bonds. The summed E-state index contributed by atoms with van der Waals surface area (Å²) < 4.78 is 25.1. The van der Waals surface area contributed by atoms with E-state index in [4.69, 9.17) is 11.5 Å². The Balaban J connectivity index is 3.21. The molecule has 17 heavy (non-hydrogen) atoms. The van der Waals surface area contributed by atoms with Crippen molar-refractivity contribution in [1.29, 1.82) is 0 Å². The lowest BCUT2D eigenvalue weighted by Crippen LogP contribution is -2.35. The van der Waals surface area contributed by atoms with Crippen LogP contribution in [-0.4, -0.2) is 32.2 Å². The molecular formula is C10H15N3O3S. The van der Waals surface area contributed by atoms with Crippen LogP contribution in [0.25, 0.3) is 0 Å². The van der Waals surface area contributed by atoms with Crippen molar-refractivity contribution >= 4 is 21.6 Å². The van der Waals surface area contributed by atoms with Crippen molar-refractivity contribution in [1.82, 2.24) is 4.31 Å². The van der Waals surface area contributed by atoms with Gasteiger partial charge in [0.1, 0.15) is 0 Å². The van der Waals surface area contributed by atoms with Gasteiger partial charge in [-0.15, -0.1) is 0 Å². The first-order chi connectivity index (χ1) is 7.75. The predicted molar refractivity (Wildman–Crippen MR) is 64.6 cm³/mol. The summed E-state index contributed by atoms with van der Waals surface area (Å²) in [5.41, 5.74) is 11.4. The van der Waals surface area contributed by atoms with Crippen LogP contribution in [0.4, 0.5) is 5.69 Å². The smallest absolute Gasteiger partial charge is 0.243 e. The predicted octanol–water partition coefficient (Wildman–Crippen LogP) is -0.317. The molecule has 0 spiro atoms. The molecule has 0 saturated heterocycles. The quantitative estimate of drug-likeness (QED) is 0.721. The van der Waals surface area contributed by atoms with Gasteiger partial charge in [-0.1, -0.05) is 6.07 Å². The number of nitrogens with two attached hydrogens (primary N) is 2. The SMILES string of the molecule is Cc1ccc(N)cc1S(=O)(=O)N(C)CC(N)=O. The van der Waals surface area contributed by atoms with Crippen molar-refractivity contribution in [2.45, 2.75) is 11.8 Å². The van der Waals surface area contributed by atoms with E-state index < -0.39 is 15.9 Å². The zero-order chi connectivity index (χ0) is 13.2. The number of amides is 1. The highest BCUT2D eigenvalue weighted by Crippen LogP contribution is 2.21. The van der Waals surface area contributed by atoms with Gasteiger partial charge in [0.2, 0.25) is 15.9 Å². The molecule has 0 aromatic heterocycles. The third-order valence-electron chi connectivity index (χ3n) is 2.28. The lowest BCUT2D eigenvalue weighted by atomic mass is 10.2. The zero-order valence-electron chi connectivity index (χ0n) is 9.67. The number of primary amides is 1. The van der Waals surface area contributed by atoms with Crippen molar-refractivity contribution in [3.63, 3.8) is 0 Å².